The Morgan fingerprint density at radius 1 is 1.26 bits per heavy atom. The predicted molar refractivity (Wildman–Crippen MR) is 72.7 cm³/mol. The molecule has 1 aliphatic carbocycles. The van der Waals surface area contributed by atoms with Crippen LogP contribution < -0.4 is 0 Å². The summed E-state index contributed by atoms with van der Waals surface area (Å²) in [4.78, 5) is 0. The van der Waals surface area contributed by atoms with E-state index < -0.39 is 0 Å². The lowest BCUT2D eigenvalue weighted by atomic mass is 9.87. The fraction of sp³-hybridized carbons (Fsp3) is 1.00. The Hall–Kier alpha value is -0.160. The molecular weight excluding hydrogens is 244 g/mol. The molecule has 0 aromatic heterocycles. The van der Waals surface area contributed by atoms with Gasteiger partial charge in [-0.2, -0.15) is 0 Å². The van der Waals surface area contributed by atoms with Gasteiger partial charge < -0.3 is 19.7 Å². The molecule has 2 N–H and O–H groups in total. The Balaban J connectivity index is 1.91. The van der Waals surface area contributed by atoms with Crippen LogP contribution in [0, 0.1) is 11.8 Å². The van der Waals surface area contributed by atoms with Gasteiger partial charge in [0.1, 0.15) is 0 Å². The second-order valence-corrected chi connectivity index (χ2v) is 5.88. The summed E-state index contributed by atoms with van der Waals surface area (Å²) in [6.45, 7) is 3.13. The first-order chi connectivity index (χ1) is 9.26. The van der Waals surface area contributed by atoms with Crippen molar-refractivity contribution < 1.29 is 19.7 Å². The summed E-state index contributed by atoms with van der Waals surface area (Å²) in [6.07, 6.45) is 6.42. The zero-order chi connectivity index (χ0) is 13.7. The molecule has 1 saturated heterocycles. The number of aliphatic hydroxyl groups excluding tert-OH is 2. The molecule has 1 aliphatic heterocycles. The van der Waals surface area contributed by atoms with Crippen LogP contribution in [0.4, 0.5) is 0 Å². The lowest BCUT2D eigenvalue weighted by molar-refractivity contribution is -0.196. The maximum Gasteiger partial charge on any atom is 0.157 e. The van der Waals surface area contributed by atoms with Gasteiger partial charge in [0.05, 0.1) is 12.2 Å². The van der Waals surface area contributed by atoms with E-state index in [1.54, 1.807) is 0 Å². The van der Waals surface area contributed by atoms with Crippen molar-refractivity contribution in [2.45, 2.75) is 70.4 Å². The lowest BCUT2D eigenvalue weighted by Gasteiger charge is -2.30. The molecule has 4 heteroatoms. The molecule has 0 radical (unpaired) electrons. The normalized spacial score (nSPS) is 39.6. The summed E-state index contributed by atoms with van der Waals surface area (Å²) in [5.74, 6) is 0.665. The van der Waals surface area contributed by atoms with Crippen molar-refractivity contribution in [3.05, 3.63) is 0 Å². The first-order valence-electron chi connectivity index (χ1n) is 7.82. The van der Waals surface area contributed by atoms with Crippen LogP contribution in [-0.4, -0.2) is 41.9 Å². The number of aliphatic hydroxyl groups is 2. The number of hydrogen-bond acceptors (Lipinski definition) is 4. The fourth-order valence-electron chi connectivity index (χ4n) is 3.62. The van der Waals surface area contributed by atoms with E-state index in [9.17, 15) is 5.11 Å². The predicted octanol–water partition coefficient (Wildman–Crippen LogP) is 2.08. The van der Waals surface area contributed by atoms with E-state index in [0.717, 1.165) is 38.7 Å². The smallest absolute Gasteiger partial charge is 0.157 e. The summed E-state index contributed by atoms with van der Waals surface area (Å²) in [5, 5.41) is 19.2. The molecule has 1 heterocycles. The molecule has 112 valence electrons. The highest BCUT2D eigenvalue weighted by molar-refractivity contribution is 4.91. The molecule has 2 fully saturated rings. The van der Waals surface area contributed by atoms with Gasteiger partial charge in [0.15, 0.2) is 6.29 Å². The van der Waals surface area contributed by atoms with E-state index in [2.05, 4.69) is 6.92 Å². The van der Waals surface area contributed by atoms with Crippen LogP contribution in [-0.2, 0) is 9.47 Å². The Morgan fingerprint density at radius 2 is 2.11 bits per heavy atom. The van der Waals surface area contributed by atoms with Crippen molar-refractivity contribution in [2.75, 3.05) is 13.2 Å². The molecule has 1 saturated carbocycles. The third-order valence-electron chi connectivity index (χ3n) is 4.63. The number of hydrogen-bond donors (Lipinski definition) is 2. The second kappa shape index (κ2) is 7.58. The van der Waals surface area contributed by atoms with Gasteiger partial charge in [-0.25, -0.2) is 0 Å². The molecule has 0 amide bonds. The van der Waals surface area contributed by atoms with Crippen molar-refractivity contribution in [3.8, 4) is 0 Å². The van der Waals surface area contributed by atoms with Crippen LogP contribution in [0.2, 0.25) is 0 Å². The Labute approximate surface area is 116 Å². The quantitative estimate of drug-likeness (QED) is 0.777. The van der Waals surface area contributed by atoms with Gasteiger partial charge in [0.25, 0.3) is 0 Å². The highest BCUT2D eigenvalue weighted by Gasteiger charge is 2.42. The molecule has 0 aromatic rings. The molecule has 5 atom stereocenters. The van der Waals surface area contributed by atoms with E-state index in [1.165, 1.54) is 6.42 Å². The third-order valence-corrected chi connectivity index (χ3v) is 4.63. The van der Waals surface area contributed by atoms with Crippen LogP contribution in [0.25, 0.3) is 0 Å². The summed E-state index contributed by atoms with van der Waals surface area (Å²) < 4.78 is 11.7. The maximum absolute atomic E-state index is 10.2. The average molecular weight is 272 g/mol. The van der Waals surface area contributed by atoms with Gasteiger partial charge >= 0.3 is 0 Å². The maximum atomic E-state index is 10.2. The molecule has 2 aliphatic rings. The minimum atomic E-state index is -0.262. The number of rotatable bonds is 6. The van der Waals surface area contributed by atoms with Crippen molar-refractivity contribution in [1.82, 2.24) is 0 Å². The fourth-order valence-corrected chi connectivity index (χ4v) is 3.62. The van der Waals surface area contributed by atoms with E-state index >= 15 is 0 Å². The average Bonchev–Trinajstić information content (AvgIpc) is 2.72. The van der Waals surface area contributed by atoms with E-state index in [-0.39, 0.29) is 25.1 Å². The topological polar surface area (TPSA) is 58.9 Å². The summed E-state index contributed by atoms with van der Waals surface area (Å²) in [5.41, 5.74) is 0. The minimum absolute atomic E-state index is 0.0850. The second-order valence-electron chi connectivity index (χ2n) is 5.88. The molecule has 4 nitrogen and oxygen atoms in total. The van der Waals surface area contributed by atoms with Gasteiger partial charge in [0.2, 0.25) is 0 Å². The highest BCUT2D eigenvalue weighted by Crippen LogP contribution is 2.40. The van der Waals surface area contributed by atoms with E-state index in [0.29, 0.717) is 18.3 Å². The van der Waals surface area contributed by atoms with Crippen molar-refractivity contribution in [1.29, 1.82) is 0 Å². The summed E-state index contributed by atoms with van der Waals surface area (Å²) in [7, 11) is 0. The van der Waals surface area contributed by atoms with Gasteiger partial charge in [-0.15, -0.1) is 0 Å². The van der Waals surface area contributed by atoms with Crippen molar-refractivity contribution in [3.63, 3.8) is 0 Å². The van der Waals surface area contributed by atoms with Crippen LogP contribution in [0.15, 0.2) is 0 Å². The van der Waals surface area contributed by atoms with E-state index in [1.807, 2.05) is 0 Å². The molecule has 19 heavy (non-hydrogen) atoms. The van der Waals surface area contributed by atoms with Gasteiger partial charge in [-0.3, -0.25) is 0 Å². The molecule has 5 unspecified atom stereocenters. The van der Waals surface area contributed by atoms with Crippen LogP contribution in [0.1, 0.15) is 51.9 Å². The van der Waals surface area contributed by atoms with Crippen LogP contribution in [0.3, 0.4) is 0 Å². The van der Waals surface area contributed by atoms with E-state index in [4.69, 9.17) is 14.6 Å². The zero-order valence-electron chi connectivity index (χ0n) is 12.0. The molecule has 0 aromatic carbocycles. The Bertz CT molecular complexity index is 253. The largest absolute Gasteiger partial charge is 0.396 e. The van der Waals surface area contributed by atoms with Crippen LogP contribution >= 0.6 is 0 Å². The highest BCUT2D eigenvalue weighted by atomic mass is 16.7. The Kier molecular flexibility index (Phi) is 6.07. The van der Waals surface area contributed by atoms with Crippen molar-refractivity contribution >= 4 is 0 Å². The SMILES string of the molecule is CCC1C(O)CC(OC2CCCCO2)C1CCCO. The standard InChI is InChI=1S/C15H28O4/c1-2-11-12(6-5-8-16)14(10-13(11)17)19-15-7-3-4-9-18-15/h11-17H,2-10H2,1H3. The monoisotopic (exact) mass is 272 g/mol. The Morgan fingerprint density at radius 3 is 2.74 bits per heavy atom. The van der Waals surface area contributed by atoms with Gasteiger partial charge in [0, 0.05) is 19.6 Å². The first-order valence-corrected chi connectivity index (χ1v) is 7.82. The molecule has 2 rings (SSSR count). The van der Waals surface area contributed by atoms with Gasteiger partial charge in [-0.1, -0.05) is 13.3 Å². The van der Waals surface area contributed by atoms with Crippen molar-refractivity contribution in [2.24, 2.45) is 11.8 Å². The van der Waals surface area contributed by atoms with Gasteiger partial charge in [-0.05, 0) is 43.9 Å². The minimum Gasteiger partial charge on any atom is -0.396 e. The lowest BCUT2D eigenvalue weighted by Crippen LogP contribution is -2.31. The first kappa shape index (κ1) is 15.2. The summed E-state index contributed by atoms with van der Waals surface area (Å²) >= 11 is 0. The summed E-state index contributed by atoms with van der Waals surface area (Å²) in [6, 6.07) is 0. The third kappa shape index (κ3) is 3.91. The molecular formula is C15H28O4. The molecule has 0 bridgehead atoms. The number of ether oxygens (including phenoxy) is 2. The zero-order valence-corrected chi connectivity index (χ0v) is 12.0. The molecule has 0 spiro atoms. The van der Waals surface area contributed by atoms with Crippen LogP contribution in [0.5, 0.6) is 0 Å².